The largest absolute Gasteiger partial charge is 0.454 e. The van der Waals surface area contributed by atoms with Crippen LogP contribution >= 0.6 is 0 Å². The summed E-state index contributed by atoms with van der Waals surface area (Å²) in [5.41, 5.74) is 2.76. The number of carbonyl (C=O) groups excluding carboxylic acids is 2. The van der Waals surface area contributed by atoms with Crippen molar-refractivity contribution in [1.29, 1.82) is 0 Å². The van der Waals surface area contributed by atoms with E-state index < -0.39 is 6.04 Å². The zero-order chi connectivity index (χ0) is 22.6. The average molecular weight is 425 g/mol. The summed E-state index contributed by atoms with van der Waals surface area (Å²) in [6.07, 6.45) is 0.867. The number of nitrogens with zero attached hydrogens (tertiary/aromatic N) is 1. The lowest BCUT2D eigenvalue weighted by atomic mass is 10.1. The second-order valence-electron chi connectivity index (χ2n) is 9.11. The first-order valence-corrected chi connectivity index (χ1v) is 10.7. The van der Waals surface area contributed by atoms with Gasteiger partial charge in [0, 0.05) is 18.5 Å². The zero-order valence-corrected chi connectivity index (χ0v) is 19.0. The monoisotopic (exact) mass is 424 g/mol. The summed E-state index contributed by atoms with van der Waals surface area (Å²) in [6, 6.07) is 13.2. The Morgan fingerprint density at radius 2 is 1.81 bits per heavy atom. The van der Waals surface area contributed by atoms with Crippen LogP contribution in [0.25, 0.3) is 0 Å². The van der Waals surface area contributed by atoms with Crippen molar-refractivity contribution in [2.75, 3.05) is 6.79 Å². The summed E-state index contributed by atoms with van der Waals surface area (Å²) in [4.78, 5) is 27.7. The summed E-state index contributed by atoms with van der Waals surface area (Å²) in [5, 5.41) is 2.99. The molecule has 0 fully saturated rings. The first kappa shape index (κ1) is 22.7. The molecule has 0 unspecified atom stereocenters. The molecule has 0 bridgehead atoms. The van der Waals surface area contributed by atoms with Crippen molar-refractivity contribution in [3.05, 3.63) is 59.2 Å². The van der Waals surface area contributed by atoms with E-state index in [0.717, 1.165) is 22.4 Å². The van der Waals surface area contributed by atoms with Crippen LogP contribution in [0.2, 0.25) is 0 Å². The van der Waals surface area contributed by atoms with Crippen LogP contribution in [-0.2, 0) is 22.6 Å². The molecule has 0 aromatic heterocycles. The van der Waals surface area contributed by atoms with Gasteiger partial charge in [0.15, 0.2) is 11.5 Å². The number of hydrogen-bond acceptors (Lipinski definition) is 4. The maximum Gasteiger partial charge on any atom is 0.242 e. The lowest BCUT2D eigenvalue weighted by molar-refractivity contribution is -0.141. The molecule has 1 heterocycles. The number of hydrogen-bond donors (Lipinski definition) is 1. The molecule has 3 rings (SSSR count). The number of nitrogens with one attached hydrogen (secondary N) is 1. The third-order valence-electron chi connectivity index (χ3n) is 5.17. The highest BCUT2D eigenvalue weighted by Crippen LogP contribution is 2.32. The van der Waals surface area contributed by atoms with Gasteiger partial charge in [-0.2, -0.15) is 0 Å². The van der Waals surface area contributed by atoms with Crippen LogP contribution in [-0.4, -0.2) is 35.1 Å². The van der Waals surface area contributed by atoms with Gasteiger partial charge in [0.1, 0.15) is 6.04 Å². The second kappa shape index (κ2) is 9.41. The van der Waals surface area contributed by atoms with Crippen LogP contribution < -0.4 is 14.8 Å². The minimum Gasteiger partial charge on any atom is -0.454 e. The van der Waals surface area contributed by atoms with Crippen molar-refractivity contribution < 1.29 is 19.1 Å². The molecule has 166 valence electrons. The number of ether oxygens (including phenoxy) is 2. The van der Waals surface area contributed by atoms with E-state index >= 15 is 0 Å². The predicted molar refractivity (Wildman–Crippen MR) is 120 cm³/mol. The van der Waals surface area contributed by atoms with Crippen molar-refractivity contribution in [3.63, 3.8) is 0 Å². The predicted octanol–water partition coefficient (Wildman–Crippen LogP) is 3.99. The maximum atomic E-state index is 13.2. The van der Waals surface area contributed by atoms with Crippen LogP contribution in [0.1, 0.15) is 50.8 Å². The van der Waals surface area contributed by atoms with Crippen molar-refractivity contribution in [1.82, 2.24) is 10.2 Å². The zero-order valence-electron chi connectivity index (χ0n) is 19.0. The number of aryl methyl sites for hydroxylation is 2. The van der Waals surface area contributed by atoms with Gasteiger partial charge in [0.2, 0.25) is 18.6 Å². The Kier molecular flexibility index (Phi) is 6.88. The molecule has 0 spiro atoms. The smallest absolute Gasteiger partial charge is 0.242 e. The van der Waals surface area contributed by atoms with Crippen LogP contribution in [0.5, 0.6) is 11.5 Å². The summed E-state index contributed by atoms with van der Waals surface area (Å²) in [6.45, 7) is 10.2. The molecule has 1 atom stereocenters. The standard InChI is InChI=1S/C25H32N2O4/c1-17-7-6-8-20(13-17)15-27(18(2)24(29)26-25(3,4)5)23(28)12-10-19-9-11-21-22(14-19)31-16-30-21/h6-9,11,13-14,18H,10,12,15-16H2,1-5H3,(H,26,29)/t18-/m0/s1. The molecule has 0 radical (unpaired) electrons. The third kappa shape index (κ3) is 6.23. The lowest BCUT2D eigenvalue weighted by Gasteiger charge is -2.31. The van der Waals surface area contributed by atoms with Crippen LogP contribution in [0.15, 0.2) is 42.5 Å². The van der Waals surface area contributed by atoms with Crippen LogP contribution in [0.4, 0.5) is 0 Å². The number of fused-ring (bicyclic) bond motifs is 1. The van der Waals surface area contributed by atoms with Gasteiger partial charge in [-0.15, -0.1) is 0 Å². The fourth-order valence-corrected chi connectivity index (χ4v) is 3.56. The van der Waals surface area contributed by atoms with Crippen molar-refractivity contribution in [3.8, 4) is 11.5 Å². The van der Waals surface area contributed by atoms with Gasteiger partial charge >= 0.3 is 0 Å². The molecule has 6 nitrogen and oxygen atoms in total. The molecule has 2 aromatic rings. The van der Waals surface area contributed by atoms with Crippen LogP contribution in [0, 0.1) is 6.92 Å². The Bertz CT molecular complexity index is 949. The summed E-state index contributed by atoms with van der Waals surface area (Å²) >= 11 is 0. The Morgan fingerprint density at radius 3 is 2.52 bits per heavy atom. The van der Waals surface area contributed by atoms with E-state index in [1.165, 1.54) is 0 Å². The molecular weight excluding hydrogens is 392 g/mol. The van der Waals surface area contributed by atoms with E-state index in [1.54, 1.807) is 11.8 Å². The first-order chi connectivity index (χ1) is 14.6. The normalized spacial score (nSPS) is 13.6. The summed E-state index contributed by atoms with van der Waals surface area (Å²) in [5.74, 6) is 1.22. The van der Waals surface area contributed by atoms with E-state index in [9.17, 15) is 9.59 Å². The van der Waals surface area contributed by atoms with Gasteiger partial charge in [0.05, 0.1) is 0 Å². The van der Waals surface area contributed by atoms with E-state index in [1.807, 2.05) is 70.2 Å². The van der Waals surface area contributed by atoms with Gasteiger partial charge in [-0.1, -0.05) is 35.9 Å². The van der Waals surface area contributed by atoms with Gasteiger partial charge in [0.25, 0.3) is 0 Å². The van der Waals surface area contributed by atoms with Crippen LogP contribution in [0.3, 0.4) is 0 Å². The third-order valence-corrected chi connectivity index (χ3v) is 5.17. The molecular formula is C25H32N2O4. The average Bonchev–Trinajstić information content (AvgIpc) is 3.16. The fraction of sp³-hybridized carbons (Fsp3) is 0.440. The first-order valence-electron chi connectivity index (χ1n) is 10.7. The molecule has 2 aromatic carbocycles. The van der Waals surface area contributed by atoms with Crippen molar-refractivity contribution >= 4 is 11.8 Å². The number of amides is 2. The Balaban J connectivity index is 1.73. The van der Waals surface area contributed by atoms with E-state index in [2.05, 4.69) is 5.32 Å². The Labute approximate surface area is 184 Å². The molecule has 1 aliphatic heterocycles. The van der Waals surface area contributed by atoms with Gasteiger partial charge in [-0.3, -0.25) is 9.59 Å². The van der Waals surface area contributed by atoms with E-state index in [0.29, 0.717) is 25.1 Å². The maximum absolute atomic E-state index is 13.2. The fourth-order valence-electron chi connectivity index (χ4n) is 3.56. The highest BCUT2D eigenvalue weighted by atomic mass is 16.7. The van der Waals surface area contributed by atoms with E-state index in [4.69, 9.17) is 9.47 Å². The van der Waals surface area contributed by atoms with Gasteiger partial charge in [-0.05, 0) is 64.3 Å². The van der Waals surface area contributed by atoms with Crippen molar-refractivity contribution in [2.24, 2.45) is 0 Å². The van der Waals surface area contributed by atoms with E-state index in [-0.39, 0.29) is 24.1 Å². The van der Waals surface area contributed by atoms with Crippen molar-refractivity contribution in [2.45, 2.75) is 65.6 Å². The highest BCUT2D eigenvalue weighted by Gasteiger charge is 2.28. The molecule has 1 N–H and O–H groups in total. The minimum absolute atomic E-state index is 0.0595. The molecule has 0 saturated heterocycles. The summed E-state index contributed by atoms with van der Waals surface area (Å²) in [7, 11) is 0. The number of carbonyl (C=O) groups is 2. The summed E-state index contributed by atoms with van der Waals surface area (Å²) < 4.78 is 10.8. The molecule has 6 heteroatoms. The number of benzene rings is 2. The Morgan fingerprint density at radius 1 is 1.06 bits per heavy atom. The minimum atomic E-state index is -0.580. The van der Waals surface area contributed by atoms with Gasteiger partial charge in [-0.25, -0.2) is 0 Å². The highest BCUT2D eigenvalue weighted by molar-refractivity contribution is 5.87. The second-order valence-corrected chi connectivity index (χ2v) is 9.11. The SMILES string of the molecule is Cc1cccc(CN(C(=O)CCc2ccc3c(c2)OCO3)[C@@H](C)C(=O)NC(C)(C)C)c1. The Hall–Kier alpha value is -3.02. The molecule has 0 saturated carbocycles. The molecule has 0 aliphatic carbocycles. The topological polar surface area (TPSA) is 67.9 Å². The number of rotatable bonds is 7. The molecule has 2 amide bonds. The molecule has 1 aliphatic rings. The quantitative estimate of drug-likeness (QED) is 0.730. The lowest BCUT2D eigenvalue weighted by Crippen LogP contribution is -2.52. The molecule has 31 heavy (non-hydrogen) atoms. The van der Waals surface area contributed by atoms with Gasteiger partial charge < -0.3 is 19.7 Å².